The van der Waals surface area contributed by atoms with E-state index in [1.165, 1.54) is 4.80 Å². The lowest BCUT2D eigenvalue weighted by Crippen LogP contribution is -2.33. The molecule has 0 saturated heterocycles. The molecule has 0 radical (unpaired) electrons. The molecule has 1 amide bonds. The summed E-state index contributed by atoms with van der Waals surface area (Å²) in [6.45, 7) is 2.38. The third-order valence-electron chi connectivity index (χ3n) is 3.81. The molecule has 7 heteroatoms. The number of benzene rings is 2. The zero-order chi connectivity index (χ0) is 17.6. The number of hydrogen-bond donors (Lipinski definition) is 1. The average Bonchev–Trinajstić information content (AvgIpc) is 3.12. The summed E-state index contributed by atoms with van der Waals surface area (Å²) in [4.78, 5) is 13.8. The van der Waals surface area contributed by atoms with Crippen molar-refractivity contribution in [3.8, 4) is 11.4 Å². The molecule has 3 rings (SSSR count). The lowest BCUT2D eigenvalue weighted by molar-refractivity contribution is -0.125. The highest BCUT2D eigenvalue weighted by molar-refractivity contribution is 6.30. The average molecular weight is 356 g/mol. The standard InChI is InChI=1S/C18H18ClN5O/c1-2-16(18(25)20-12-13-6-4-3-5-7-13)24-22-17(21-23-24)14-8-10-15(19)11-9-14/h3-11,16H,2,12H2,1H3,(H,20,25). The molecule has 6 nitrogen and oxygen atoms in total. The van der Waals surface area contributed by atoms with Gasteiger partial charge in [0.05, 0.1) is 0 Å². The maximum Gasteiger partial charge on any atom is 0.247 e. The fourth-order valence-corrected chi connectivity index (χ4v) is 2.55. The molecule has 0 aliphatic carbocycles. The number of carbonyl (C=O) groups is 1. The molecular formula is C18H18ClN5O. The van der Waals surface area contributed by atoms with E-state index in [0.29, 0.717) is 23.8 Å². The van der Waals surface area contributed by atoms with Gasteiger partial charge in [-0.25, -0.2) is 0 Å². The van der Waals surface area contributed by atoms with Crippen molar-refractivity contribution in [2.45, 2.75) is 25.9 Å². The summed E-state index contributed by atoms with van der Waals surface area (Å²) in [6, 6.07) is 16.4. The predicted molar refractivity (Wildman–Crippen MR) is 95.9 cm³/mol. The van der Waals surface area contributed by atoms with Crippen molar-refractivity contribution in [2.75, 3.05) is 0 Å². The molecule has 1 unspecified atom stereocenters. The van der Waals surface area contributed by atoms with E-state index in [-0.39, 0.29) is 5.91 Å². The van der Waals surface area contributed by atoms with Crippen LogP contribution in [0.4, 0.5) is 0 Å². The van der Waals surface area contributed by atoms with Crippen LogP contribution in [0.2, 0.25) is 5.02 Å². The lowest BCUT2D eigenvalue weighted by Gasteiger charge is -2.13. The van der Waals surface area contributed by atoms with E-state index >= 15 is 0 Å². The normalized spacial score (nSPS) is 11.9. The van der Waals surface area contributed by atoms with Gasteiger partial charge in [-0.2, -0.15) is 4.80 Å². The third kappa shape index (κ3) is 4.22. The van der Waals surface area contributed by atoms with E-state index in [1.54, 1.807) is 12.1 Å². The molecular weight excluding hydrogens is 338 g/mol. The number of hydrogen-bond acceptors (Lipinski definition) is 4. The van der Waals surface area contributed by atoms with Crippen molar-refractivity contribution in [3.05, 3.63) is 65.2 Å². The Morgan fingerprint density at radius 1 is 1.16 bits per heavy atom. The Balaban J connectivity index is 1.70. The summed E-state index contributed by atoms with van der Waals surface area (Å²) >= 11 is 5.89. The highest BCUT2D eigenvalue weighted by atomic mass is 35.5. The van der Waals surface area contributed by atoms with Crippen LogP contribution in [0.1, 0.15) is 24.9 Å². The Labute approximate surface area is 150 Å². The van der Waals surface area contributed by atoms with Gasteiger partial charge in [-0.1, -0.05) is 48.9 Å². The first-order valence-electron chi connectivity index (χ1n) is 8.04. The van der Waals surface area contributed by atoms with E-state index < -0.39 is 6.04 Å². The van der Waals surface area contributed by atoms with E-state index in [4.69, 9.17) is 11.6 Å². The second-order valence-corrected chi connectivity index (χ2v) is 6.00. The van der Waals surface area contributed by atoms with Gasteiger partial charge in [-0.3, -0.25) is 4.79 Å². The Kier molecular flexibility index (Phi) is 5.40. The molecule has 1 atom stereocenters. The van der Waals surface area contributed by atoms with Gasteiger partial charge in [0.1, 0.15) is 0 Å². The summed E-state index contributed by atoms with van der Waals surface area (Å²) in [5.41, 5.74) is 1.84. The quantitative estimate of drug-likeness (QED) is 0.736. The number of tetrazole rings is 1. The zero-order valence-corrected chi connectivity index (χ0v) is 14.5. The van der Waals surface area contributed by atoms with Crippen LogP contribution in [0.15, 0.2) is 54.6 Å². The molecule has 2 aromatic carbocycles. The Morgan fingerprint density at radius 2 is 1.88 bits per heavy atom. The van der Waals surface area contributed by atoms with Gasteiger partial charge < -0.3 is 5.32 Å². The second-order valence-electron chi connectivity index (χ2n) is 5.57. The van der Waals surface area contributed by atoms with Gasteiger partial charge in [0.15, 0.2) is 6.04 Å². The molecule has 0 saturated carbocycles. The van der Waals surface area contributed by atoms with Gasteiger partial charge in [0, 0.05) is 17.1 Å². The van der Waals surface area contributed by atoms with Gasteiger partial charge in [-0.15, -0.1) is 10.2 Å². The van der Waals surface area contributed by atoms with Gasteiger partial charge in [0.2, 0.25) is 11.7 Å². The first kappa shape index (κ1) is 17.1. The summed E-state index contributed by atoms with van der Waals surface area (Å²) in [5, 5.41) is 16.0. The number of halogens is 1. The van der Waals surface area contributed by atoms with E-state index in [2.05, 4.69) is 20.7 Å². The SMILES string of the molecule is CCC(C(=O)NCc1ccccc1)n1nnc(-c2ccc(Cl)cc2)n1. The lowest BCUT2D eigenvalue weighted by atomic mass is 10.2. The van der Waals surface area contributed by atoms with Crippen LogP contribution in [0.5, 0.6) is 0 Å². The molecule has 0 bridgehead atoms. The first-order chi connectivity index (χ1) is 12.2. The van der Waals surface area contributed by atoms with Crippen LogP contribution in [-0.4, -0.2) is 26.1 Å². The van der Waals surface area contributed by atoms with Crippen LogP contribution in [0.3, 0.4) is 0 Å². The summed E-state index contributed by atoms with van der Waals surface area (Å²) in [6.07, 6.45) is 0.567. The highest BCUT2D eigenvalue weighted by Crippen LogP contribution is 2.18. The zero-order valence-electron chi connectivity index (χ0n) is 13.8. The van der Waals surface area contributed by atoms with Crippen molar-refractivity contribution in [3.63, 3.8) is 0 Å². The smallest absolute Gasteiger partial charge is 0.247 e. The van der Waals surface area contributed by atoms with Crippen LogP contribution in [-0.2, 0) is 11.3 Å². The molecule has 0 spiro atoms. The van der Waals surface area contributed by atoms with Gasteiger partial charge in [-0.05, 0) is 41.5 Å². The molecule has 3 aromatic rings. The minimum Gasteiger partial charge on any atom is -0.350 e. The van der Waals surface area contributed by atoms with E-state index in [9.17, 15) is 4.79 Å². The van der Waals surface area contributed by atoms with Crippen molar-refractivity contribution in [2.24, 2.45) is 0 Å². The van der Waals surface area contributed by atoms with Crippen molar-refractivity contribution < 1.29 is 4.79 Å². The minimum absolute atomic E-state index is 0.133. The van der Waals surface area contributed by atoms with Crippen LogP contribution in [0.25, 0.3) is 11.4 Å². The van der Waals surface area contributed by atoms with E-state index in [0.717, 1.165) is 11.1 Å². The van der Waals surface area contributed by atoms with Crippen molar-refractivity contribution in [1.82, 2.24) is 25.5 Å². The Morgan fingerprint density at radius 3 is 2.56 bits per heavy atom. The Bertz CT molecular complexity index is 832. The predicted octanol–water partition coefficient (Wildman–Crippen LogP) is 3.26. The van der Waals surface area contributed by atoms with Crippen LogP contribution in [0, 0.1) is 0 Å². The molecule has 25 heavy (non-hydrogen) atoms. The Hall–Kier alpha value is -2.73. The van der Waals surface area contributed by atoms with E-state index in [1.807, 2.05) is 49.4 Å². The fourth-order valence-electron chi connectivity index (χ4n) is 2.43. The highest BCUT2D eigenvalue weighted by Gasteiger charge is 2.21. The molecule has 128 valence electrons. The van der Waals surface area contributed by atoms with Crippen LogP contribution < -0.4 is 5.32 Å². The topological polar surface area (TPSA) is 72.7 Å². The second kappa shape index (κ2) is 7.90. The molecule has 0 fully saturated rings. The number of nitrogens with one attached hydrogen (secondary N) is 1. The number of nitrogens with zero attached hydrogens (tertiary/aromatic N) is 4. The third-order valence-corrected chi connectivity index (χ3v) is 4.06. The summed E-state index contributed by atoms with van der Waals surface area (Å²) in [7, 11) is 0. The van der Waals surface area contributed by atoms with Crippen LogP contribution >= 0.6 is 11.6 Å². The molecule has 1 aromatic heterocycles. The minimum atomic E-state index is -0.503. The molecule has 1 heterocycles. The number of aromatic nitrogens is 4. The molecule has 0 aliphatic heterocycles. The molecule has 0 aliphatic rings. The largest absolute Gasteiger partial charge is 0.350 e. The summed E-state index contributed by atoms with van der Waals surface area (Å²) < 4.78 is 0. The summed E-state index contributed by atoms with van der Waals surface area (Å²) in [5.74, 6) is 0.331. The van der Waals surface area contributed by atoms with Crippen molar-refractivity contribution >= 4 is 17.5 Å². The number of amides is 1. The fraction of sp³-hybridized carbons (Fsp3) is 0.222. The maximum absolute atomic E-state index is 12.5. The van der Waals surface area contributed by atoms with Gasteiger partial charge in [0.25, 0.3) is 0 Å². The molecule has 1 N–H and O–H groups in total. The van der Waals surface area contributed by atoms with Crippen molar-refractivity contribution in [1.29, 1.82) is 0 Å². The number of rotatable bonds is 6. The van der Waals surface area contributed by atoms with Gasteiger partial charge >= 0.3 is 0 Å². The first-order valence-corrected chi connectivity index (χ1v) is 8.42. The number of carbonyl (C=O) groups excluding carboxylic acids is 1. The maximum atomic E-state index is 12.5. The monoisotopic (exact) mass is 355 g/mol.